The van der Waals surface area contributed by atoms with E-state index in [-0.39, 0.29) is 12.3 Å². The lowest BCUT2D eigenvalue weighted by molar-refractivity contribution is 0.0285. The van der Waals surface area contributed by atoms with Gasteiger partial charge in [0.25, 0.3) is 6.43 Å². The number of carbonyl (C=O) groups excluding carboxylic acids is 1. The SMILES string of the molecule is C#Cc1cc(CN(C)C(=O)OC(C)(C)C)ccc1OCC(F)F. The molecule has 0 aliphatic carbocycles. The topological polar surface area (TPSA) is 38.8 Å². The van der Waals surface area contributed by atoms with E-state index in [9.17, 15) is 13.6 Å². The Morgan fingerprint density at radius 2 is 2.04 bits per heavy atom. The van der Waals surface area contributed by atoms with E-state index < -0.39 is 24.7 Å². The largest absolute Gasteiger partial charge is 0.486 e. The van der Waals surface area contributed by atoms with Gasteiger partial charge in [0.05, 0.1) is 5.56 Å². The predicted octanol–water partition coefficient (Wildman–Crippen LogP) is 3.68. The standard InChI is InChI=1S/C17H21F2NO3/c1-6-13-9-12(7-8-14(13)22-11-15(18)19)10-20(5)16(21)23-17(2,3)4/h1,7-9,15H,10-11H2,2-5H3. The highest BCUT2D eigenvalue weighted by Gasteiger charge is 2.20. The maximum atomic E-state index is 12.2. The van der Waals surface area contributed by atoms with Crippen molar-refractivity contribution >= 4 is 6.09 Å². The molecule has 1 aromatic rings. The van der Waals surface area contributed by atoms with Gasteiger partial charge in [-0.25, -0.2) is 13.6 Å². The number of terminal acetylenes is 1. The van der Waals surface area contributed by atoms with E-state index in [0.29, 0.717) is 5.56 Å². The number of nitrogens with zero attached hydrogens (tertiary/aromatic N) is 1. The van der Waals surface area contributed by atoms with E-state index in [0.717, 1.165) is 5.56 Å². The Kier molecular flexibility index (Phi) is 6.38. The molecule has 0 aromatic heterocycles. The number of amides is 1. The molecule has 0 saturated heterocycles. The molecule has 1 amide bonds. The molecule has 0 aliphatic rings. The number of rotatable bonds is 5. The average Bonchev–Trinajstić information content (AvgIpc) is 2.43. The van der Waals surface area contributed by atoms with Crippen molar-refractivity contribution < 1.29 is 23.0 Å². The minimum atomic E-state index is -2.57. The first kappa shape index (κ1) is 18.8. The Labute approximate surface area is 135 Å². The molecule has 0 unspecified atom stereocenters. The highest BCUT2D eigenvalue weighted by molar-refractivity contribution is 5.67. The smallest absolute Gasteiger partial charge is 0.410 e. The Bertz CT molecular complexity index is 588. The van der Waals surface area contributed by atoms with Gasteiger partial charge in [0.1, 0.15) is 18.0 Å². The summed E-state index contributed by atoms with van der Waals surface area (Å²) in [6, 6.07) is 4.82. The van der Waals surface area contributed by atoms with Gasteiger partial charge in [0.15, 0.2) is 0 Å². The van der Waals surface area contributed by atoms with Crippen molar-refractivity contribution in [2.45, 2.75) is 39.3 Å². The maximum Gasteiger partial charge on any atom is 0.410 e. The monoisotopic (exact) mass is 325 g/mol. The molecule has 6 heteroatoms. The predicted molar refractivity (Wildman–Crippen MR) is 83.6 cm³/mol. The number of alkyl halides is 2. The number of ether oxygens (including phenoxy) is 2. The minimum Gasteiger partial charge on any atom is -0.486 e. The van der Waals surface area contributed by atoms with Gasteiger partial charge in [0.2, 0.25) is 0 Å². The summed E-state index contributed by atoms with van der Waals surface area (Å²) in [5, 5.41) is 0. The molecule has 0 heterocycles. The van der Waals surface area contributed by atoms with Crippen molar-refractivity contribution in [1.29, 1.82) is 0 Å². The van der Waals surface area contributed by atoms with Crippen molar-refractivity contribution in [2.75, 3.05) is 13.7 Å². The lowest BCUT2D eigenvalue weighted by atomic mass is 10.1. The molecule has 0 fully saturated rings. The van der Waals surface area contributed by atoms with Gasteiger partial charge < -0.3 is 14.4 Å². The van der Waals surface area contributed by atoms with E-state index in [1.165, 1.54) is 11.0 Å². The van der Waals surface area contributed by atoms with Gasteiger partial charge in [-0.05, 0) is 38.5 Å². The summed E-state index contributed by atoms with van der Waals surface area (Å²) >= 11 is 0. The second kappa shape index (κ2) is 7.82. The van der Waals surface area contributed by atoms with Crippen LogP contribution in [0.4, 0.5) is 13.6 Å². The third kappa shape index (κ3) is 6.55. The normalized spacial score (nSPS) is 11.0. The summed E-state index contributed by atoms with van der Waals surface area (Å²) in [6.45, 7) is 4.91. The lowest BCUT2D eigenvalue weighted by Gasteiger charge is -2.24. The van der Waals surface area contributed by atoms with Gasteiger partial charge >= 0.3 is 6.09 Å². The van der Waals surface area contributed by atoms with E-state index in [2.05, 4.69) is 5.92 Å². The Hall–Kier alpha value is -2.29. The Morgan fingerprint density at radius 1 is 1.39 bits per heavy atom. The first-order valence-electron chi connectivity index (χ1n) is 7.07. The highest BCUT2D eigenvalue weighted by atomic mass is 19.3. The van der Waals surface area contributed by atoms with Crippen LogP contribution in [-0.4, -0.2) is 36.7 Å². The molecule has 0 saturated carbocycles. The molecular formula is C17H21F2NO3. The summed E-state index contributed by atoms with van der Waals surface area (Å²) in [7, 11) is 1.60. The zero-order chi connectivity index (χ0) is 17.6. The lowest BCUT2D eigenvalue weighted by Crippen LogP contribution is -2.33. The third-order valence-electron chi connectivity index (χ3n) is 2.69. The van der Waals surface area contributed by atoms with Crippen LogP contribution in [0, 0.1) is 12.3 Å². The summed E-state index contributed by atoms with van der Waals surface area (Å²) in [6.07, 6.45) is 2.35. The molecule has 1 rings (SSSR count). The summed E-state index contributed by atoms with van der Waals surface area (Å²) in [5.41, 5.74) is 0.527. The minimum absolute atomic E-state index is 0.219. The van der Waals surface area contributed by atoms with Crippen molar-refractivity contribution in [2.24, 2.45) is 0 Å². The summed E-state index contributed by atoms with van der Waals surface area (Å²) < 4.78 is 34.6. The molecule has 0 atom stereocenters. The van der Waals surface area contributed by atoms with Crippen molar-refractivity contribution in [3.8, 4) is 18.1 Å². The van der Waals surface area contributed by atoms with Crippen LogP contribution in [0.15, 0.2) is 18.2 Å². The number of halogens is 2. The van der Waals surface area contributed by atoms with E-state index in [1.54, 1.807) is 40.0 Å². The number of hydrogen-bond donors (Lipinski definition) is 0. The zero-order valence-electron chi connectivity index (χ0n) is 13.7. The number of benzene rings is 1. The first-order chi connectivity index (χ1) is 10.6. The van der Waals surface area contributed by atoms with Crippen molar-refractivity contribution in [3.63, 3.8) is 0 Å². The fourth-order valence-electron chi connectivity index (χ4n) is 1.75. The van der Waals surface area contributed by atoms with Gasteiger partial charge in [-0.1, -0.05) is 12.0 Å². The Morgan fingerprint density at radius 3 is 2.57 bits per heavy atom. The van der Waals surface area contributed by atoms with Gasteiger partial charge in [-0.15, -0.1) is 6.42 Å². The average molecular weight is 325 g/mol. The van der Waals surface area contributed by atoms with E-state index >= 15 is 0 Å². The first-order valence-corrected chi connectivity index (χ1v) is 7.07. The third-order valence-corrected chi connectivity index (χ3v) is 2.69. The van der Waals surface area contributed by atoms with Crippen LogP contribution < -0.4 is 4.74 Å². The van der Waals surface area contributed by atoms with Crippen LogP contribution >= 0.6 is 0 Å². The van der Waals surface area contributed by atoms with Gasteiger partial charge in [-0.2, -0.15) is 0 Å². The van der Waals surface area contributed by atoms with Crippen molar-refractivity contribution in [1.82, 2.24) is 4.90 Å². The fraction of sp³-hybridized carbons (Fsp3) is 0.471. The van der Waals surface area contributed by atoms with Gasteiger partial charge in [0, 0.05) is 13.6 Å². The maximum absolute atomic E-state index is 12.2. The molecule has 0 aliphatic heterocycles. The Balaban J connectivity index is 2.78. The molecule has 23 heavy (non-hydrogen) atoms. The van der Waals surface area contributed by atoms with Crippen LogP contribution in [-0.2, 0) is 11.3 Å². The number of carbonyl (C=O) groups is 1. The molecule has 4 nitrogen and oxygen atoms in total. The van der Waals surface area contributed by atoms with Crippen LogP contribution in [0.25, 0.3) is 0 Å². The van der Waals surface area contributed by atoms with Crippen LogP contribution in [0.5, 0.6) is 5.75 Å². The molecule has 1 aromatic carbocycles. The quantitative estimate of drug-likeness (QED) is 0.775. The highest BCUT2D eigenvalue weighted by Crippen LogP contribution is 2.21. The van der Waals surface area contributed by atoms with Gasteiger partial charge in [-0.3, -0.25) is 0 Å². The van der Waals surface area contributed by atoms with Crippen LogP contribution in [0.3, 0.4) is 0 Å². The van der Waals surface area contributed by atoms with Crippen LogP contribution in [0.2, 0.25) is 0 Å². The zero-order valence-corrected chi connectivity index (χ0v) is 13.7. The molecule has 0 bridgehead atoms. The van der Waals surface area contributed by atoms with E-state index in [4.69, 9.17) is 15.9 Å². The van der Waals surface area contributed by atoms with Crippen molar-refractivity contribution in [3.05, 3.63) is 29.3 Å². The molecule has 126 valence electrons. The fourth-order valence-corrected chi connectivity index (χ4v) is 1.75. The molecule has 0 radical (unpaired) electrons. The number of hydrogen-bond acceptors (Lipinski definition) is 3. The summed E-state index contributed by atoms with van der Waals surface area (Å²) in [5.74, 6) is 2.61. The molecular weight excluding hydrogens is 304 g/mol. The van der Waals surface area contributed by atoms with Crippen LogP contribution in [0.1, 0.15) is 31.9 Å². The second-order valence-electron chi connectivity index (χ2n) is 6.01. The summed E-state index contributed by atoms with van der Waals surface area (Å²) in [4.78, 5) is 13.3. The van der Waals surface area contributed by atoms with E-state index in [1.807, 2.05) is 0 Å². The molecule has 0 spiro atoms. The molecule has 0 N–H and O–H groups in total. The second-order valence-corrected chi connectivity index (χ2v) is 6.01.